The molecule has 0 spiro atoms. The Morgan fingerprint density at radius 3 is 2.52 bits per heavy atom. The Morgan fingerprint density at radius 1 is 1.17 bits per heavy atom. The number of hydrogen-bond donors (Lipinski definition) is 3. The predicted molar refractivity (Wildman–Crippen MR) is 94.1 cm³/mol. The molecule has 0 fully saturated rings. The summed E-state index contributed by atoms with van der Waals surface area (Å²) in [5.74, 6) is 0.0869. The van der Waals surface area contributed by atoms with E-state index in [2.05, 4.69) is 4.72 Å². The van der Waals surface area contributed by atoms with Crippen LogP contribution in [0.25, 0.3) is 10.8 Å². The third-order valence-corrected chi connectivity index (χ3v) is 4.82. The number of hydrogen-bond acceptors (Lipinski definition) is 4. The monoisotopic (exact) mass is 334 g/mol. The Morgan fingerprint density at radius 2 is 1.87 bits per heavy atom. The molecule has 2 rings (SSSR count). The molecule has 0 aromatic heterocycles. The van der Waals surface area contributed by atoms with Crippen molar-refractivity contribution in [1.29, 1.82) is 5.41 Å². The van der Waals surface area contributed by atoms with E-state index in [0.29, 0.717) is 12.1 Å². The molecular formula is C16H22N4O2S. The number of nitrogen functional groups attached to an aromatic ring is 1. The number of nitrogens with two attached hydrogens (primary N) is 1. The number of amidine groups is 1. The quantitative estimate of drug-likeness (QED) is 0.521. The van der Waals surface area contributed by atoms with E-state index in [9.17, 15) is 8.42 Å². The largest absolute Gasteiger partial charge is 0.384 e. The molecule has 7 heteroatoms. The van der Waals surface area contributed by atoms with Gasteiger partial charge in [0.15, 0.2) is 0 Å². The van der Waals surface area contributed by atoms with Crippen LogP contribution in [0.2, 0.25) is 0 Å². The zero-order valence-electron chi connectivity index (χ0n) is 13.3. The van der Waals surface area contributed by atoms with Gasteiger partial charge in [-0.05, 0) is 42.6 Å². The first kappa shape index (κ1) is 17.4. The highest BCUT2D eigenvalue weighted by atomic mass is 32.2. The molecule has 0 radical (unpaired) electrons. The molecule has 0 saturated carbocycles. The fourth-order valence-corrected chi connectivity index (χ4v) is 3.28. The maximum absolute atomic E-state index is 11.9. The van der Waals surface area contributed by atoms with Gasteiger partial charge in [0.1, 0.15) is 5.84 Å². The van der Waals surface area contributed by atoms with E-state index in [0.717, 1.165) is 16.3 Å². The van der Waals surface area contributed by atoms with Crippen molar-refractivity contribution in [3.05, 3.63) is 47.5 Å². The van der Waals surface area contributed by atoms with Crippen molar-refractivity contribution in [2.24, 2.45) is 5.73 Å². The fourth-order valence-electron chi connectivity index (χ4n) is 2.14. The Bertz CT molecular complexity index is 816. The van der Waals surface area contributed by atoms with Gasteiger partial charge >= 0.3 is 0 Å². The van der Waals surface area contributed by atoms with Gasteiger partial charge in [0.25, 0.3) is 0 Å². The van der Waals surface area contributed by atoms with Gasteiger partial charge in [0.05, 0.1) is 5.75 Å². The Hall–Kier alpha value is -1.96. The molecule has 0 aliphatic rings. The van der Waals surface area contributed by atoms with Crippen molar-refractivity contribution in [3.63, 3.8) is 0 Å². The van der Waals surface area contributed by atoms with Crippen LogP contribution in [-0.2, 0) is 16.6 Å². The van der Waals surface area contributed by atoms with Crippen LogP contribution in [0.4, 0.5) is 0 Å². The van der Waals surface area contributed by atoms with Crippen molar-refractivity contribution < 1.29 is 8.42 Å². The van der Waals surface area contributed by atoms with Gasteiger partial charge in [-0.25, -0.2) is 13.1 Å². The number of benzene rings is 2. The summed E-state index contributed by atoms with van der Waals surface area (Å²) in [5, 5.41) is 9.45. The van der Waals surface area contributed by atoms with Crippen LogP contribution in [0.1, 0.15) is 11.1 Å². The number of sulfonamides is 1. The SMILES string of the molecule is CN(C)CCS(=O)(=O)NCc1ccc2ccc(C(=N)N)cc2c1. The first-order valence-corrected chi connectivity index (χ1v) is 8.91. The average Bonchev–Trinajstić information content (AvgIpc) is 2.50. The molecule has 4 N–H and O–H groups in total. The van der Waals surface area contributed by atoms with Crippen LogP contribution >= 0.6 is 0 Å². The second kappa shape index (κ2) is 7.08. The maximum atomic E-state index is 11.9. The molecule has 6 nitrogen and oxygen atoms in total. The van der Waals surface area contributed by atoms with E-state index in [1.54, 1.807) is 6.07 Å². The summed E-state index contributed by atoms with van der Waals surface area (Å²) in [6.07, 6.45) is 0. The molecule has 0 amide bonds. The van der Waals surface area contributed by atoms with E-state index < -0.39 is 10.0 Å². The maximum Gasteiger partial charge on any atom is 0.213 e. The second-order valence-electron chi connectivity index (χ2n) is 5.75. The van der Waals surface area contributed by atoms with E-state index >= 15 is 0 Å². The Kier molecular flexibility index (Phi) is 5.35. The third kappa shape index (κ3) is 5.02. The second-order valence-corrected chi connectivity index (χ2v) is 7.68. The zero-order valence-corrected chi connectivity index (χ0v) is 14.2. The summed E-state index contributed by atoms with van der Waals surface area (Å²) >= 11 is 0. The first-order valence-electron chi connectivity index (χ1n) is 7.26. The van der Waals surface area contributed by atoms with Crippen molar-refractivity contribution in [2.75, 3.05) is 26.4 Å². The van der Waals surface area contributed by atoms with Gasteiger partial charge in [-0.2, -0.15) is 0 Å². The van der Waals surface area contributed by atoms with Crippen LogP contribution in [0.5, 0.6) is 0 Å². The molecule has 0 aliphatic heterocycles. The Labute approximate surface area is 136 Å². The van der Waals surface area contributed by atoms with Gasteiger partial charge < -0.3 is 10.6 Å². The summed E-state index contributed by atoms with van der Waals surface area (Å²) in [5.41, 5.74) is 7.03. The number of nitrogens with one attached hydrogen (secondary N) is 2. The molecule has 0 atom stereocenters. The summed E-state index contributed by atoms with van der Waals surface area (Å²) < 4.78 is 26.5. The van der Waals surface area contributed by atoms with Gasteiger partial charge in [-0.1, -0.05) is 24.3 Å². The molecule has 0 heterocycles. The third-order valence-electron chi connectivity index (χ3n) is 3.52. The van der Waals surface area contributed by atoms with Crippen LogP contribution in [0.15, 0.2) is 36.4 Å². The van der Waals surface area contributed by atoms with Crippen molar-refractivity contribution in [1.82, 2.24) is 9.62 Å². The van der Waals surface area contributed by atoms with E-state index in [-0.39, 0.29) is 18.1 Å². The lowest BCUT2D eigenvalue weighted by Crippen LogP contribution is -2.31. The summed E-state index contributed by atoms with van der Waals surface area (Å²) in [6.45, 7) is 0.727. The minimum atomic E-state index is -3.30. The molecule has 0 unspecified atom stereocenters. The lowest BCUT2D eigenvalue weighted by Gasteiger charge is -2.11. The molecule has 0 saturated heterocycles. The lowest BCUT2D eigenvalue weighted by molar-refractivity contribution is 0.431. The van der Waals surface area contributed by atoms with E-state index in [1.165, 1.54) is 0 Å². The van der Waals surface area contributed by atoms with Crippen LogP contribution < -0.4 is 10.5 Å². The number of fused-ring (bicyclic) bond motifs is 1. The minimum absolute atomic E-state index is 0.0155. The van der Waals surface area contributed by atoms with Gasteiger partial charge in [-0.3, -0.25) is 5.41 Å². The molecule has 2 aromatic carbocycles. The highest BCUT2D eigenvalue weighted by molar-refractivity contribution is 7.89. The molecule has 23 heavy (non-hydrogen) atoms. The molecule has 2 aromatic rings. The fraction of sp³-hybridized carbons (Fsp3) is 0.312. The lowest BCUT2D eigenvalue weighted by atomic mass is 10.0. The van der Waals surface area contributed by atoms with Gasteiger partial charge in [0, 0.05) is 18.7 Å². The molecule has 0 bridgehead atoms. The smallest absolute Gasteiger partial charge is 0.213 e. The molecule has 124 valence electrons. The highest BCUT2D eigenvalue weighted by Gasteiger charge is 2.10. The van der Waals surface area contributed by atoms with Crippen molar-refractivity contribution >= 4 is 26.6 Å². The topological polar surface area (TPSA) is 99.3 Å². The summed E-state index contributed by atoms with van der Waals surface area (Å²) in [4.78, 5) is 1.83. The molecular weight excluding hydrogens is 312 g/mol. The molecule has 0 aliphatic carbocycles. The van der Waals surface area contributed by atoms with Gasteiger partial charge in [-0.15, -0.1) is 0 Å². The van der Waals surface area contributed by atoms with E-state index in [4.69, 9.17) is 11.1 Å². The summed E-state index contributed by atoms with van der Waals surface area (Å²) in [6, 6.07) is 11.3. The van der Waals surface area contributed by atoms with Gasteiger partial charge in [0.2, 0.25) is 10.0 Å². The normalized spacial score (nSPS) is 12.0. The minimum Gasteiger partial charge on any atom is -0.384 e. The highest BCUT2D eigenvalue weighted by Crippen LogP contribution is 2.18. The zero-order chi connectivity index (χ0) is 17.0. The van der Waals surface area contributed by atoms with Crippen molar-refractivity contribution in [3.8, 4) is 0 Å². The van der Waals surface area contributed by atoms with Crippen molar-refractivity contribution in [2.45, 2.75) is 6.54 Å². The number of rotatable bonds is 7. The predicted octanol–water partition coefficient (Wildman–Crippen LogP) is 1.10. The van der Waals surface area contributed by atoms with Crippen LogP contribution in [-0.4, -0.2) is 45.5 Å². The van der Waals surface area contributed by atoms with E-state index in [1.807, 2.05) is 49.3 Å². The summed E-state index contributed by atoms with van der Waals surface area (Å²) in [7, 11) is 0.382. The standard InChI is InChI=1S/C16H22N4O2S/c1-20(2)7-8-23(21,22)19-11-12-3-4-13-5-6-14(16(17)18)10-15(13)9-12/h3-6,9-10,19H,7-8,11H2,1-2H3,(H3,17,18). The van der Waals surface area contributed by atoms with Crippen LogP contribution in [0.3, 0.4) is 0 Å². The number of nitrogens with zero attached hydrogens (tertiary/aromatic N) is 1. The first-order chi connectivity index (χ1) is 10.8. The average molecular weight is 334 g/mol. The van der Waals surface area contributed by atoms with Crippen LogP contribution in [0, 0.1) is 5.41 Å². The Balaban J connectivity index is 2.13.